The summed E-state index contributed by atoms with van der Waals surface area (Å²) in [6, 6.07) is 0.535. The predicted molar refractivity (Wildman–Crippen MR) is 70.0 cm³/mol. The highest BCUT2D eigenvalue weighted by atomic mass is 16.2. The molecule has 1 fully saturated rings. The molecule has 6 nitrogen and oxygen atoms in total. The van der Waals surface area contributed by atoms with E-state index in [-0.39, 0.29) is 0 Å². The number of carbonyl (C=O) groups excluding carboxylic acids is 2. The minimum atomic E-state index is -0.544. The molecule has 0 aromatic heterocycles. The number of nitrogens with zero attached hydrogens (tertiary/aromatic N) is 2. The van der Waals surface area contributed by atoms with E-state index in [1.54, 1.807) is 4.90 Å². The molecule has 0 aromatic rings. The zero-order chi connectivity index (χ0) is 13.5. The summed E-state index contributed by atoms with van der Waals surface area (Å²) in [5, 5.41) is 2.51. The normalized spacial score (nSPS) is 18.5. The molecule has 0 spiro atoms. The molecule has 6 heteroatoms. The maximum Gasteiger partial charge on any atom is 0.311 e. The Morgan fingerprint density at radius 3 is 2.39 bits per heavy atom. The lowest BCUT2D eigenvalue weighted by atomic mass is 10.2. The van der Waals surface area contributed by atoms with Crippen molar-refractivity contribution in [2.45, 2.75) is 26.3 Å². The molecule has 104 valence electrons. The van der Waals surface area contributed by atoms with Gasteiger partial charge < -0.3 is 16.0 Å². The van der Waals surface area contributed by atoms with Crippen molar-refractivity contribution in [1.29, 1.82) is 0 Å². The Morgan fingerprint density at radius 1 is 1.28 bits per heavy atom. The van der Waals surface area contributed by atoms with Gasteiger partial charge in [-0.25, -0.2) is 0 Å². The maximum atomic E-state index is 11.8. The molecule has 1 aliphatic heterocycles. The fourth-order valence-corrected chi connectivity index (χ4v) is 2.03. The van der Waals surface area contributed by atoms with Crippen LogP contribution in [0.2, 0.25) is 0 Å². The molecule has 0 aliphatic carbocycles. The Balaban J connectivity index is 2.38. The Labute approximate surface area is 108 Å². The van der Waals surface area contributed by atoms with Crippen LogP contribution in [-0.4, -0.2) is 66.9 Å². The van der Waals surface area contributed by atoms with Crippen molar-refractivity contribution < 1.29 is 9.59 Å². The van der Waals surface area contributed by atoms with Crippen molar-refractivity contribution in [3.8, 4) is 0 Å². The number of nitrogens with two attached hydrogens (primary N) is 1. The van der Waals surface area contributed by atoms with Crippen LogP contribution in [0.15, 0.2) is 0 Å². The number of piperazine rings is 1. The van der Waals surface area contributed by atoms with Gasteiger partial charge in [0.1, 0.15) is 0 Å². The first-order valence-corrected chi connectivity index (χ1v) is 6.61. The van der Waals surface area contributed by atoms with Crippen molar-refractivity contribution >= 4 is 11.8 Å². The zero-order valence-corrected chi connectivity index (χ0v) is 11.3. The van der Waals surface area contributed by atoms with Gasteiger partial charge in [0.15, 0.2) is 0 Å². The summed E-state index contributed by atoms with van der Waals surface area (Å²) in [5.41, 5.74) is 5.28. The van der Waals surface area contributed by atoms with Gasteiger partial charge in [0.25, 0.3) is 0 Å². The Hall–Kier alpha value is -1.14. The lowest BCUT2D eigenvalue weighted by Crippen LogP contribution is -2.54. The minimum absolute atomic E-state index is 0.345. The molecule has 0 bridgehead atoms. The van der Waals surface area contributed by atoms with Gasteiger partial charge in [0, 0.05) is 45.3 Å². The highest BCUT2D eigenvalue weighted by Crippen LogP contribution is 2.08. The predicted octanol–water partition coefficient (Wildman–Crippen LogP) is -0.996. The van der Waals surface area contributed by atoms with Gasteiger partial charge in [-0.2, -0.15) is 0 Å². The van der Waals surface area contributed by atoms with Gasteiger partial charge in [0.05, 0.1) is 0 Å². The number of hydrogen-bond donors (Lipinski definition) is 2. The van der Waals surface area contributed by atoms with E-state index in [4.69, 9.17) is 5.73 Å². The Bertz CT molecular complexity index is 288. The van der Waals surface area contributed by atoms with Crippen molar-refractivity contribution in [2.75, 3.05) is 39.3 Å². The molecule has 0 radical (unpaired) electrons. The smallest absolute Gasteiger partial charge is 0.311 e. The minimum Gasteiger partial charge on any atom is -0.347 e. The van der Waals surface area contributed by atoms with Gasteiger partial charge in [-0.05, 0) is 13.3 Å². The summed E-state index contributed by atoms with van der Waals surface area (Å²) in [6.45, 7) is 7.96. The fourth-order valence-electron chi connectivity index (χ4n) is 2.03. The number of hydrogen-bond acceptors (Lipinski definition) is 4. The second kappa shape index (κ2) is 7.33. The summed E-state index contributed by atoms with van der Waals surface area (Å²) in [7, 11) is 0. The Kier molecular flexibility index (Phi) is 6.07. The molecule has 2 amide bonds. The maximum absolute atomic E-state index is 11.8. The van der Waals surface area contributed by atoms with E-state index in [2.05, 4.69) is 24.1 Å². The molecule has 1 rings (SSSR count). The average molecular weight is 256 g/mol. The molecule has 0 aromatic carbocycles. The third kappa shape index (κ3) is 3.96. The summed E-state index contributed by atoms with van der Waals surface area (Å²) < 4.78 is 0. The van der Waals surface area contributed by atoms with Crippen LogP contribution >= 0.6 is 0 Å². The largest absolute Gasteiger partial charge is 0.347 e. The second-order valence-electron chi connectivity index (χ2n) is 4.63. The van der Waals surface area contributed by atoms with Crippen molar-refractivity contribution in [1.82, 2.24) is 15.1 Å². The van der Waals surface area contributed by atoms with E-state index in [1.807, 2.05) is 0 Å². The monoisotopic (exact) mass is 256 g/mol. The molecule has 3 N–H and O–H groups in total. The SMILES string of the molecule is CCC(C)N1CCN(C(=O)C(=O)NCCN)CC1. The highest BCUT2D eigenvalue weighted by molar-refractivity contribution is 6.35. The molecule has 1 saturated heterocycles. The van der Waals surface area contributed by atoms with Gasteiger partial charge in [-0.15, -0.1) is 0 Å². The van der Waals surface area contributed by atoms with Gasteiger partial charge in [0.2, 0.25) is 0 Å². The van der Waals surface area contributed by atoms with Crippen LogP contribution in [0.5, 0.6) is 0 Å². The van der Waals surface area contributed by atoms with E-state index >= 15 is 0 Å². The molecule has 1 unspecified atom stereocenters. The molecule has 0 saturated carbocycles. The van der Waals surface area contributed by atoms with Crippen LogP contribution in [0.25, 0.3) is 0 Å². The third-order valence-corrected chi connectivity index (χ3v) is 3.44. The van der Waals surface area contributed by atoms with Crippen molar-refractivity contribution in [3.05, 3.63) is 0 Å². The Morgan fingerprint density at radius 2 is 1.89 bits per heavy atom. The topological polar surface area (TPSA) is 78.7 Å². The fraction of sp³-hybridized carbons (Fsp3) is 0.833. The second-order valence-corrected chi connectivity index (χ2v) is 4.63. The first-order valence-electron chi connectivity index (χ1n) is 6.61. The molecular weight excluding hydrogens is 232 g/mol. The quantitative estimate of drug-likeness (QED) is 0.633. The van der Waals surface area contributed by atoms with Gasteiger partial charge in [-0.3, -0.25) is 14.5 Å². The van der Waals surface area contributed by atoms with Crippen LogP contribution < -0.4 is 11.1 Å². The lowest BCUT2D eigenvalue weighted by molar-refractivity contribution is -0.147. The van der Waals surface area contributed by atoms with Crippen LogP contribution in [0.3, 0.4) is 0 Å². The van der Waals surface area contributed by atoms with E-state index in [0.29, 0.717) is 32.2 Å². The summed E-state index contributed by atoms with van der Waals surface area (Å²) in [5.74, 6) is -0.982. The molecule has 1 heterocycles. The van der Waals surface area contributed by atoms with Crippen LogP contribution in [0.4, 0.5) is 0 Å². The van der Waals surface area contributed by atoms with Crippen LogP contribution in [-0.2, 0) is 9.59 Å². The van der Waals surface area contributed by atoms with Gasteiger partial charge in [-0.1, -0.05) is 6.92 Å². The van der Waals surface area contributed by atoms with Crippen molar-refractivity contribution in [3.63, 3.8) is 0 Å². The number of rotatable bonds is 4. The molecule has 1 aliphatic rings. The van der Waals surface area contributed by atoms with Gasteiger partial charge >= 0.3 is 11.8 Å². The highest BCUT2D eigenvalue weighted by Gasteiger charge is 2.26. The van der Waals surface area contributed by atoms with E-state index in [9.17, 15) is 9.59 Å². The zero-order valence-electron chi connectivity index (χ0n) is 11.3. The van der Waals surface area contributed by atoms with Crippen molar-refractivity contribution in [2.24, 2.45) is 5.73 Å². The third-order valence-electron chi connectivity index (χ3n) is 3.44. The number of nitrogens with one attached hydrogen (secondary N) is 1. The molecule has 1 atom stereocenters. The van der Waals surface area contributed by atoms with E-state index in [1.165, 1.54) is 0 Å². The van der Waals surface area contributed by atoms with Crippen LogP contribution in [0.1, 0.15) is 20.3 Å². The summed E-state index contributed by atoms with van der Waals surface area (Å²) in [4.78, 5) is 27.3. The molecular formula is C12H24N4O2. The molecule has 18 heavy (non-hydrogen) atoms. The number of amides is 2. The van der Waals surface area contributed by atoms with E-state index < -0.39 is 11.8 Å². The standard InChI is InChI=1S/C12H24N4O2/c1-3-10(2)15-6-8-16(9-7-15)12(18)11(17)14-5-4-13/h10H,3-9,13H2,1-2H3,(H,14,17). The average Bonchev–Trinajstić information content (AvgIpc) is 2.43. The summed E-state index contributed by atoms with van der Waals surface area (Å²) >= 11 is 0. The summed E-state index contributed by atoms with van der Waals surface area (Å²) in [6.07, 6.45) is 1.10. The first kappa shape index (κ1) is 14.9. The van der Waals surface area contributed by atoms with Crippen LogP contribution in [0, 0.1) is 0 Å². The lowest BCUT2D eigenvalue weighted by Gasteiger charge is -2.37. The number of carbonyl (C=O) groups is 2. The van der Waals surface area contributed by atoms with E-state index in [0.717, 1.165) is 19.5 Å². The first-order chi connectivity index (χ1) is 8.60.